The van der Waals surface area contributed by atoms with Gasteiger partial charge in [0, 0.05) is 17.5 Å². The van der Waals surface area contributed by atoms with Crippen LogP contribution < -0.4 is 4.74 Å². The standard InChI is InChI=1S/C16H12N2O3/c19-18(20)14-7-9-15(10-8-14)21-11-13-6-5-12-3-1-2-4-16(12)17-13/h1-10H,11H2. The number of nitro groups is 1. The van der Waals surface area contributed by atoms with Crippen LogP contribution in [0, 0.1) is 10.1 Å². The quantitative estimate of drug-likeness (QED) is 0.539. The SMILES string of the molecule is O=[N+]([O-])c1ccc(OCc2ccc3ccccc3n2)cc1. The summed E-state index contributed by atoms with van der Waals surface area (Å²) in [5.74, 6) is 0.579. The lowest BCUT2D eigenvalue weighted by Gasteiger charge is -2.06. The normalized spacial score (nSPS) is 10.5. The van der Waals surface area contributed by atoms with Crippen LogP contribution in [0.3, 0.4) is 0 Å². The zero-order valence-electron chi connectivity index (χ0n) is 11.1. The fraction of sp³-hybridized carbons (Fsp3) is 0.0625. The van der Waals surface area contributed by atoms with Crippen molar-refractivity contribution in [2.24, 2.45) is 0 Å². The highest BCUT2D eigenvalue weighted by Crippen LogP contribution is 2.19. The Balaban J connectivity index is 1.72. The lowest BCUT2D eigenvalue weighted by atomic mass is 10.2. The first-order valence-corrected chi connectivity index (χ1v) is 6.44. The summed E-state index contributed by atoms with van der Waals surface area (Å²) in [5, 5.41) is 11.7. The smallest absolute Gasteiger partial charge is 0.269 e. The van der Waals surface area contributed by atoms with Crippen LogP contribution >= 0.6 is 0 Å². The summed E-state index contributed by atoms with van der Waals surface area (Å²) < 4.78 is 5.59. The van der Waals surface area contributed by atoms with Crippen LogP contribution in [0.5, 0.6) is 5.75 Å². The van der Waals surface area contributed by atoms with E-state index < -0.39 is 4.92 Å². The number of para-hydroxylation sites is 1. The molecule has 0 N–H and O–H groups in total. The molecule has 0 aliphatic carbocycles. The summed E-state index contributed by atoms with van der Waals surface area (Å²) in [6.07, 6.45) is 0. The van der Waals surface area contributed by atoms with E-state index in [0.29, 0.717) is 12.4 Å². The molecule has 0 bridgehead atoms. The number of fused-ring (bicyclic) bond motifs is 1. The van der Waals surface area contributed by atoms with Gasteiger partial charge in [-0.2, -0.15) is 0 Å². The second-order valence-corrected chi connectivity index (χ2v) is 4.53. The number of ether oxygens (including phenoxy) is 1. The molecular weight excluding hydrogens is 268 g/mol. The third-order valence-corrected chi connectivity index (χ3v) is 3.09. The van der Waals surface area contributed by atoms with Gasteiger partial charge in [0.25, 0.3) is 5.69 Å². The van der Waals surface area contributed by atoms with Crippen molar-refractivity contribution in [3.8, 4) is 5.75 Å². The predicted molar refractivity (Wildman–Crippen MR) is 79.2 cm³/mol. The van der Waals surface area contributed by atoms with Gasteiger partial charge in [0.15, 0.2) is 0 Å². The topological polar surface area (TPSA) is 65.3 Å². The Kier molecular flexibility index (Phi) is 3.47. The van der Waals surface area contributed by atoms with E-state index in [-0.39, 0.29) is 5.69 Å². The van der Waals surface area contributed by atoms with Gasteiger partial charge < -0.3 is 4.74 Å². The highest BCUT2D eigenvalue weighted by Gasteiger charge is 2.05. The van der Waals surface area contributed by atoms with Gasteiger partial charge in [-0.1, -0.05) is 24.3 Å². The number of aromatic nitrogens is 1. The van der Waals surface area contributed by atoms with Gasteiger partial charge in [0.1, 0.15) is 12.4 Å². The number of non-ortho nitro benzene ring substituents is 1. The van der Waals surface area contributed by atoms with Gasteiger partial charge >= 0.3 is 0 Å². The fourth-order valence-corrected chi connectivity index (χ4v) is 2.01. The number of benzene rings is 2. The van der Waals surface area contributed by atoms with Crippen LogP contribution in [-0.2, 0) is 6.61 Å². The molecule has 21 heavy (non-hydrogen) atoms. The molecule has 0 saturated heterocycles. The van der Waals surface area contributed by atoms with Crippen molar-refractivity contribution in [3.05, 3.63) is 76.5 Å². The molecule has 0 unspecified atom stereocenters. The Hall–Kier alpha value is -2.95. The van der Waals surface area contributed by atoms with E-state index in [2.05, 4.69) is 4.98 Å². The Morgan fingerprint density at radius 3 is 2.52 bits per heavy atom. The monoisotopic (exact) mass is 280 g/mol. The van der Waals surface area contributed by atoms with E-state index in [0.717, 1.165) is 16.6 Å². The fourth-order valence-electron chi connectivity index (χ4n) is 2.01. The highest BCUT2D eigenvalue weighted by molar-refractivity contribution is 5.78. The molecule has 1 heterocycles. The number of nitrogens with zero attached hydrogens (tertiary/aromatic N) is 2. The molecule has 0 radical (unpaired) electrons. The van der Waals surface area contributed by atoms with Gasteiger partial charge in [-0.15, -0.1) is 0 Å². The zero-order chi connectivity index (χ0) is 14.7. The first-order chi connectivity index (χ1) is 10.2. The van der Waals surface area contributed by atoms with E-state index >= 15 is 0 Å². The molecule has 0 aliphatic heterocycles. The number of hydrogen-bond acceptors (Lipinski definition) is 4. The molecule has 2 aromatic carbocycles. The van der Waals surface area contributed by atoms with E-state index in [1.54, 1.807) is 12.1 Å². The van der Waals surface area contributed by atoms with Gasteiger partial charge in [-0.25, -0.2) is 4.98 Å². The van der Waals surface area contributed by atoms with Crippen LogP contribution in [0.4, 0.5) is 5.69 Å². The minimum absolute atomic E-state index is 0.0474. The number of pyridine rings is 1. The Morgan fingerprint density at radius 2 is 1.76 bits per heavy atom. The van der Waals surface area contributed by atoms with E-state index in [1.807, 2.05) is 36.4 Å². The zero-order valence-corrected chi connectivity index (χ0v) is 11.1. The molecule has 1 aromatic heterocycles. The number of hydrogen-bond donors (Lipinski definition) is 0. The summed E-state index contributed by atoms with van der Waals surface area (Å²) in [7, 11) is 0. The molecule has 5 heteroatoms. The van der Waals surface area contributed by atoms with Crippen LogP contribution in [0.25, 0.3) is 10.9 Å². The third kappa shape index (κ3) is 2.97. The van der Waals surface area contributed by atoms with Crippen molar-refractivity contribution in [1.82, 2.24) is 4.98 Å². The van der Waals surface area contributed by atoms with Crippen molar-refractivity contribution in [1.29, 1.82) is 0 Å². The Labute approximate surface area is 121 Å². The average molecular weight is 280 g/mol. The van der Waals surface area contributed by atoms with Crippen LogP contribution in [0.2, 0.25) is 0 Å². The maximum absolute atomic E-state index is 10.6. The molecule has 3 rings (SSSR count). The van der Waals surface area contributed by atoms with Crippen molar-refractivity contribution in [2.75, 3.05) is 0 Å². The van der Waals surface area contributed by atoms with E-state index in [9.17, 15) is 10.1 Å². The first kappa shape index (κ1) is 13.1. The lowest BCUT2D eigenvalue weighted by molar-refractivity contribution is -0.384. The van der Waals surface area contributed by atoms with Gasteiger partial charge in [0.05, 0.1) is 16.1 Å². The minimum atomic E-state index is -0.436. The summed E-state index contributed by atoms with van der Waals surface area (Å²) in [6.45, 7) is 0.322. The van der Waals surface area contributed by atoms with Gasteiger partial charge in [-0.3, -0.25) is 10.1 Å². The largest absolute Gasteiger partial charge is 0.487 e. The summed E-state index contributed by atoms with van der Waals surface area (Å²) in [6, 6.07) is 17.8. The number of rotatable bonds is 4. The predicted octanol–water partition coefficient (Wildman–Crippen LogP) is 3.72. The molecule has 0 fully saturated rings. The van der Waals surface area contributed by atoms with Gasteiger partial charge in [0.2, 0.25) is 0 Å². The van der Waals surface area contributed by atoms with Crippen molar-refractivity contribution < 1.29 is 9.66 Å². The molecule has 0 atom stereocenters. The van der Waals surface area contributed by atoms with E-state index in [1.165, 1.54) is 12.1 Å². The maximum atomic E-state index is 10.6. The molecule has 0 amide bonds. The number of nitro benzene ring substituents is 1. The average Bonchev–Trinajstić information content (AvgIpc) is 2.53. The minimum Gasteiger partial charge on any atom is -0.487 e. The first-order valence-electron chi connectivity index (χ1n) is 6.44. The van der Waals surface area contributed by atoms with E-state index in [4.69, 9.17) is 4.74 Å². The van der Waals surface area contributed by atoms with Crippen LogP contribution in [0.1, 0.15) is 5.69 Å². The third-order valence-electron chi connectivity index (χ3n) is 3.09. The summed E-state index contributed by atoms with van der Waals surface area (Å²) in [5.41, 5.74) is 1.78. The van der Waals surface area contributed by atoms with Gasteiger partial charge in [-0.05, 0) is 24.3 Å². The molecule has 0 aliphatic rings. The van der Waals surface area contributed by atoms with Crippen molar-refractivity contribution >= 4 is 16.6 Å². The maximum Gasteiger partial charge on any atom is 0.269 e. The van der Waals surface area contributed by atoms with Crippen LogP contribution in [0.15, 0.2) is 60.7 Å². The molecule has 3 aromatic rings. The highest BCUT2D eigenvalue weighted by atomic mass is 16.6. The van der Waals surface area contributed by atoms with Crippen molar-refractivity contribution in [2.45, 2.75) is 6.61 Å². The van der Waals surface area contributed by atoms with Crippen LogP contribution in [-0.4, -0.2) is 9.91 Å². The second kappa shape index (κ2) is 5.58. The molecule has 0 saturated carbocycles. The lowest BCUT2D eigenvalue weighted by Crippen LogP contribution is -1.98. The Morgan fingerprint density at radius 1 is 1.00 bits per heavy atom. The molecule has 0 spiro atoms. The summed E-state index contributed by atoms with van der Waals surface area (Å²) >= 11 is 0. The second-order valence-electron chi connectivity index (χ2n) is 4.53. The molecular formula is C16H12N2O3. The summed E-state index contributed by atoms with van der Waals surface area (Å²) in [4.78, 5) is 14.6. The Bertz CT molecular complexity index is 785. The molecule has 5 nitrogen and oxygen atoms in total. The molecule has 104 valence electrons. The van der Waals surface area contributed by atoms with Crippen molar-refractivity contribution in [3.63, 3.8) is 0 Å².